The molecule has 82 valence electrons. The molecule has 2 fully saturated rings. The predicted octanol–water partition coefficient (Wildman–Crippen LogP) is -0.0585. The third-order valence-electron chi connectivity index (χ3n) is 2.62. The van der Waals surface area contributed by atoms with Gasteiger partial charge in [-0.05, 0) is 13.8 Å². The molecule has 0 radical (unpaired) electrons. The van der Waals surface area contributed by atoms with E-state index in [4.69, 9.17) is 15.2 Å². The molecule has 0 amide bonds. The van der Waals surface area contributed by atoms with Crippen LogP contribution < -0.4 is 5.73 Å². The van der Waals surface area contributed by atoms with Crippen molar-refractivity contribution in [1.82, 2.24) is 0 Å². The molecule has 0 unspecified atom stereocenters. The van der Waals surface area contributed by atoms with Crippen LogP contribution in [0.4, 0.5) is 0 Å². The van der Waals surface area contributed by atoms with Crippen LogP contribution in [-0.2, 0) is 9.47 Å². The molecule has 5 heteroatoms. The summed E-state index contributed by atoms with van der Waals surface area (Å²) in [6.07, 6.45) is -0.387. The van der Waals surface area contributed by atoms with Gasteiger partial charge in [0.05, 0.1) is 17.5 Å². The van der Waals surface area contributed by atoms with Crippen LogP contribution in [0.2, 0.25) is 0 Å². The maximum Gasteiger partial charge on any atom is 0.163 e. The highest BCUT2D eigenvalue weighted by Crippen LogP contribution is 2.42. The molecule has 0 spiro atoms. The number of ether oxygens (including phenoxy) is 2. The number of aliphatic hydroxyl groups excluding tert-OH is 1. The highest BCUT2D eigenvalue weighted by Gasteiger charge is 2.51. The van der Waals surface area contributed by atoms with Crippen molar-refractivity contribution >= 4 is 11.8 Å². The van der Waals surface area contributed by atoms with Crippen molar-refractivity contribution in [3.63, 3.8) is 0 Å². The first-order valence-electron chi connectivity index (χ1n) is 4.89. The Morgan fingerprint density at radius 3 is 2.93 bits per heavy atom. The van der Waals surface area contributed by atoms with Gasteiger partial charge >= 0.3 is 0 Å². The summed E-state index contributed by atoms with van der Waals surface area (Å²) in [6, 6.07) is 0. The van der Waals surface area contributed by atoms with E-state index in [1.54, 1.807) is 11.8 Å². The fourth-order valence-electron chi connectivity index (χ4n) is 2.04. The summed E-state index contributed by atoms with van der Waals surface area (Å²) >= 11 is 1.69. The first-order valence-corrected chi connectivity index (χ1v) is 5.94. The fourth-order valence-corrected chi connectivity index (χ4v) is 3.46. The maximum absolute atomic E-state index is 9.69. The molecule has 0 bridgehead atoms. The predicted molar refractivity (Wildman–Crippen MR) is 55.1 cm³/mol. The minimum atomic E-state index is -0.511. The van der Waals surface area contributed by atoms with E-state index in [2.05, 4.69) is 0 Å². The molecule has 0 aliphatic carbocycles. The maximum atomic E-state index is 9.69. The molecule has 2 aliphatic rings. The topological polar surface area (TPSA) is 64.7 Å². The van der Waals surface area contributed by atoms with E-state index >= 15 is 0 Å². The number of hydrogen-bond acceptors (Lipinski definition) is 5. The lowest BCUT2D eigenvalue weighted by molar-refractivity contribution is -0.147. The molecule has 2 saturated heterocycles. The summed E-state index contributed by atoms with van der Waals surface area (Å²) in [5, 5.41) is 9.76. The van der Waals surface area contributed by atoms with E-state index in [0.717, 1.165) is 5.75 Å². The lowest BCUT2D eigenvalue weighted by atomic mass is 10.1. The van der Waals surface area contributed by atoms with Crippen LogP contribution in [0.3, 0.4) is 0 Å². The van der Waals surface area contributed by atoms with Gasteiger partial charge in [0.1, 0.15) is 6.10 Å². The van der Waals surface area contributed by atoms with Crippen LogP contribution in [-0.4, -0.2) is 46.8 Å². The van der Waals surface area contributed by atoms with Crippen molar-refractivity contribution in [1.29, 1.82) is 0 Å². The van der Waals surface area contributed by atoms with Gasteiger partial charge < -0.3 is 20.3 Å². The molecule has 3 N–H and O–H groups in total. The van der Waals surface area contributed by atoms with Gasteiger partial charge in [0.25, 0.3) is 0 Å². The van der Waals surface area contributed by atoms with E-state index < -0.39 is 11.9 Å². The number of rotatable bonds is 2. The summed E-state index contributed by atoms with van der Waals surface area (Å²) in [6.45, 7) is 4.09. The monoisotopic (exact) mass is 219 g/mol. The van der Waals surface area contributed by atoms with E-state index in [1.165, 1.54) is 0 Å². The molecule has 4 atom stereocenters. The van der Waals surface area contributed by atoms with Gasteiger partial charge in [0.15, 0.2) is 5.79 Å². The van der Waals surface area contributed by atoms with E-state index in [1.807, 2.05) is 13.8 Å². The van der Waals surface area contributed by atoms with Gasteiger partial charge in [-0.2, -0.15) is 11.8 Å². The van der Waals surface area contributed by atoms with Gasteiger partial charge in [-0.25, -0.2) is 0 Å². The second-order valence-corrected chi connectivity index (χ2v) is 5.45. The minimum absolute atomic E-state index is 0.00597. The van der Waals surface area contributed by atoms with Crippen LogP contribution in [0.25, 0.3) is 0 Å². The van der Waals surface area contributed by atoms with Crippen LogP contribution in [0.15, 0.2) is 0 Å². The number of hydrogen-bond donors (Lipinski definition) is 2. The third-order valence-corrected chi connectivity index (χ3v) is 4.11. The van der Waals surface area contributed by atoms with E-state index in [-0.39, 0.29) is 24.0 Å². The number of nitrogens with two attached hydrogens (primary N) is 1. The summed E-state index contributed by atoms with van der Waals surface area (Å²) in [7, 11) is 0. The molecule has 0 aromatic carbocycles. The van der Waals surface area contributed by atoms with Crippen molar-refractivity contribution in [3.8, 4) is 0 Å². The second-order valence-electron chi connectivity index (χ2n) is 4.24. The van der Waals surface area contributed by atoms with Crippen molar-refractivity contribution in [2.45, 2.75) is 43.2 Å². The summed E-state index contributed by atoms with van der Waals surface area (Å²) in [4.78, 5) is 0. The Kier molecular flexibility index (Phi) is 2.79. The third kappa shape index (κ3) is 1.79. The molecular weight excluding hydrogens is 202 g/mol. The smallest absolute Gasteiger partial charge is 0.163 e. The van der Waals surface area contributed by atoms with Gasteiger partial charge in [-0.1, -0.05) is 0 Å². The van der Waals surface area contributed by atoms with Crippen molar-refractivity contribution in [2.75, 3.05) is 12.3 Å². The largest absolute Gasteiger partial charge is 0.391 e. The highest BCUT2D eigenvalue weighted by molar-refractivity contribution is 8.00. The molecule has 2 rings (SSSR count). The molecule has 14 heavy (non-hydrogen) atoms. The first kappa shape index (κ1) is 10.7. The normalized spacial score (nSPS) is 42.4. The number of thioether (sulfide) groups is 1. The Hall–Kier alpha value is 0.190. The van der Waals surface area contributed by atoms with Crippen molar-refractivity contribution < 1.29 is 14.6 Å². The lowest BCUT2D eigenvalue weighted by Gasteiger charge is -2.23. The van der Waals surface area contributed by atoms with Crippen LogP contribution >= 0.6 is 11.8 Å². The van der Waals surface area contributed by atoms with Crippen LogP contribution in [0.1, 0.15) is 13.8 Å². The minimum Gasteiger partial charge on any atom is -0.391 e. The zero-order valence-electron chi connectivity index (χ0n) is 8.47. The molecule has 0 aromatic rings. The molecule has 0 aromatic heterocycles. The summed E-state index contributed by atoms with van der Waals surface area (Å²) in [5.74, 6) is 0.374. The quantitative estimate of drug-likeness (QED) is 0.681. The van der Waals surface area contributed by atoms with E-state index in [9.17, 15) is 5.11 Å². The highest BCUT2D eigenvalue weighted by atomic mass is 32.2. The van der Waals surface area contributed by atoms with Crippen LogP contribution in [0, 0.1) is 0 Å². The van der Waals surface area contributed by atoms with Crippen LogP contribution in [0.5, 0.6) is 0 Å². The Labute approximate surface area is 88.1 Å². The fraction of sp³-hybridized carbons (Fsp3) is 1.00. The standard InChI is InChI=1S/C9H17NO3S/c1-9(2)12-6-4-14-8(5(11)3-10)7(6)13-9/h5-8,11H,3-4,10H2,1-2H3/t5-,6+,7+,8-/m0/s1. The zero-order chi connectivity index (χ0) is 10.3. The molecule has 4 nitrogen and oxygen atoms in total. The number of aliphatic hydroxyl groups is 1. The Balaban J connectivity index is 2.04. The second kappa shape index (κ2) is 3.64. The Morgan fingerprint density at radius 2 is 2.29 bits per heavy atom. The first-order chi connectivity index (χ1) is 6.53. The summed E-state index contributed by atoms with van der Waals surface area (Å²) in [5.41, 5.74) is 5.44. The van der Waals surface area contributed by atoms with E-state index in [0.29, 0.717) is 0 Å². The van der Waals surface area contributed by atoms with Gasteiger partial charge in [0.2, 0.25) is 0 Å². The zero-order valence-corrected chi connectivity index (χ0v) is 9.29. The van der Waals surface area contributed by atoms with Crippen molar-refractivity contribution in [2.24, 2.45) is 5.73 Å². The SMILES string of the molecule is CC1(C)O[C@H]2[C@H]([C@@H](O)CN)SC[C@H]2O1. The molecular formula is C9H17NO3S. The van der Waals surface area contributed by atoms with Crippen molar-refractivity contribution in [3.05, 3.63) is 0 Å². The molecule has 0 saturated carbocycles. The van der Waals surface area contributed by atoms with Gasteiger partial charge in [0, 0.05) is 12.3 Å². The molecule has 2 heterocycles. The Bertz CT molecular complexity index is 224. The summed E-state index contributed by atoms with van der Waals surface area (Å²) < 4.78 is 11.5. The molecule has 2 aliphatic heterocycles. The van der Waals surface area contributed by atoms with Gasteiger partial charge in [-0.15, -0.1) is 0 Å². The Morgan fingerprint density at radius 1 is 1.57 bits per heavy atom. The lowest BCUT2D eigenvalue weighted by Crippen LogP contribution is -2.40. The average molecular weight is 219 g/mol. The van der Waals surface area contributed by atoms with Gasteiger partial charge in [-0.3, -0.25) is 0 Å². The number of fused-ring (bicyclic) bond motifs is 1. The average Bonchev–Trinajstić information content (AvgIpc) is 2.58.